The normalized spacial score (nSPS) is 12.8. The summed E-state index contributed by atoms with van der Waals surface area (Å²) in [4.78, 5) is 36.0. The van der Waals surface area contributed by atoms with Gasteiger partial charge in [0.2, 0.25) is 5.91 Å². The van der Waals surface area contributed by atoms with E-state index in [1.807, 2.05) is 0 Å². The Morgan fingerprint density at radius 2 is 1.81 bits per heavy atom. The summed E-state index contributed by atoms with van der Waals surface area (Å²) >= 11 is 0. The van der Waals surface area contributed by atoms with Gasteiger partial charge in [0.25, 0.3) is 5.91 Å². The molecule has 11 heteroatoms. The molecule has 2 N–H and O–H groups in total. The van der Waals surface area contributed by atoms with Gasteiger partial charge in [-0.1, -0.05) is 0 Å². The van der Waals surface area contributed by atoms with Crippen molar-refractivity contribution < 1.29 is 37.0 Å². The van der Waals surface area contributed by atoms with Crippen molar-refractivity contribution in [3.05, 3.63) is 42.0 Å². The minimum absolute atomic E-state index is 0.0772. The number of anilines is 2. The number of nitrogens with one attached hydrogen (secondary N) is 2. The lowest BCUT2D eigenvalue weighted by Crippen LogP contribution is -2.28. The number of benzene rings is 2. The molecule has 31 heavy (non-hydrogen) atoms. The van der Waals surface area contributed by atoms with Crippen molar-refractivity contribution in [3.63, 3.8) is 0 Å². The van der Waals surface area contributed by atoms with Crippen LogP contribution in [-0.2, 0) is 19.4 Å². The van der Waals surface area contributed by atoms with E-state index in [9.17, 15) is 22.8 Å². The number of hydrogen-bond donors (Lipinski definition) is 2. The third-order valence-corrected chi connectivity index (χ3v) is 5.71. The van der Waals surface area contributed by atoms with E-state index in [1.54, 1.807) is 6.07 Å². The van der Waals surface area contributed by atoms with Crippen molar-refractivity contribution in [2.75, 3.05) is 43.0 Å². The van der Waals surface area contributed by atoms with Crippen LogP contribution in [0.25, 0.3) is 0 Å². The molecule has 0 saturated carbocycles. The van der Waals surface area contributed by atoms with E-state index in [0.29, 0.717) is 22.9 Å². The van der Waals surface area contributed by atoms with Crippen molar-refractivity contribution in [1.82, 2.24) is 0 Å². The lowest BCUT2D eigenvalue weighted by Gasteiger charge is -2.18. The smallest absolute Gasteiger partial charge is 0.262 e. The molecule has 0 fully saturated rings. The second kappa shape index (κ2) is 9.04. The van der Waals surface area contributed by atoms with Crippen LogP contribution in [0.5, 0.6) is 17.2 Å². The molecule has 1 aliphatic heterocycles. The summed E-state index contributed by atoms with van der Waals surface area (Å²) in [5.41, 5.74) is 0.675. The Labute approximate surface area is 178 Å². The quantitative estimate of drug-likeness (QED) is 0.576. The molecule has 0 bridgehead atoms. The van der Waals surface area contributed by atoms with E-state index in [0.717, 1.165) is 0 Å². The van der Waals surface area contributed by atoms with E-state index in [-0.39, 0.29) is 23.8 Å². The number of hydrogen-bond acceptors (Lipinski definition) is 8. The van der Waals surface area contributed by atoms with Crippen LogP contribution in [0.1, 0.15) is 10.4 Å². The number of ether oxygens (including phenoxy) is 3. The minimum Gasteiger partial charge on any atom is -0.493 e. The van der Waals surface area contributed by atoms with E-state index >= 15 is 0 Å². The van der Waals surface area contributed by atoms with Gasteiger partial charge < -0.3 is 24.8 Å². The Morgan fingerprint density at radius 3 is 2.52 bits per heavy atom. The van der Waals surface area contributed by atoms with Crippen LogP contribution < -0.4 is 24.8 Å². The molecule has 0 saturated heterocycles. The molecule has 1 heterocycles. The van der Waals surface area contributed by atoms with E-state index in [1.165, 1.54) is 44.6 Å². The lowest BCUT2D eigenvalue weighted by atomic mass is 10.1. The van der Waals surface area contributed by atoms with Gasteiger partial charge in [0, 0.05) is 17.3 Å². The molecule has 2 amide bonds. The van der Waals surface area contributed by atoms with Gasteiger partial charge >= 0.3 is 0 Å². The SMILES string of the molecule is COc1ccc(NC(=O)CS(=O)(=O)CC(=O)c2ccc3c(c2)NC(=O)CO3)cc1OC. The largest absolute Gasteiger partial charge is 0.493 e. The Kier molecular flexibility index (Phi) is 6.44. The number of amides is 2. The highest BCUT2D eigenvalue weighted by Gasteiger charge is 2.24. The standard InChI is InChI=1S/C20H20N2O8S/c1-28-17-6-4-13(8-18(17)29-2)21-20(25)11-31(26,27)10-15(23)12-3-5-16-14(7-12)22-19(24)9-30-16/h3-8H,9-11H2,1-2H3,(H,21,25)(H,22,24). The Balaban J connectivity index is 1.64. The highest BCUT2D eigenvalue weighted by Crippen LogP contribution is 2.30. The van der Waals surface area contributed by atoms with Crippen molar-refractivity contribution >= 4 is 38.8 Å². The first kappa shape index (κ1) is 22.1. The number of methoxy groups -OCH3 is 2. The molecular formula is C20H20N2O8S. The maximum atomic E-state index is 12.4. The summed E-state index contributed by atoms with van der Waals surface area (Å²) in [6.07, 6.45) is 0. The molecular weight excluding hydrogens is 428 g/mol. The third-order valence-electron chi connectivity index (χ3n) is 4.30. The van der Waals surface area contributed by atoms with Gasteiger partial charge in [-0.2, -0.15) is 0 Å². The van der Waals surface area contributed by atoms with Crippen LogP contribution in [-0.4, -0.2) is 58.3 Å². The van der Waals surface area contributed by atoms with Gasteiger partial charge in [-0.25, -0.2) is 8.42 Å². The van der Waals surface area contributed by atoms with Crippen molar-refractivity contribution in [1.29, 1.82) is 0 Å². The highest BCUT2D eigenvalue weighted by molar-refractivity contribution is 7.92. The molecule has 0 aromatic heterocycles. The molecule has 10 nitrogen and oxygen atoms in total. The van der Waals surface area contributed by atoms with Crippen molar-refractivity contribution in [3.8, 4) is 17.2 Å². The average molecular weight is 448 g/mol. The number of Topliss-reactive ketones (excluding diaryl/α,β-unsaturated/α-hetero) is 1. The summed E-state index contributed by atoms with van der Waals surface area (Å²) < 4.78 is 40.2. The zero-order valence-electron chi connectivity index (χ0n) is 16.8. The van der Waals surface area contributed by atoms with E-state index in [2.05, 4.69) is 10.6 Å². The van der Waals surface area contributed by atoms with E-state index in [4.69, 9.17) is 14.2 Å². The predicted molar refractivity (Wildman–Crippen MR) is 112 cm³/mol. The molecule has 2 aromatic rings. The maximum Gasteiger partial charge on any atom is 0.262 e. The summed E-state index contributed by atoms with van der Waals surface area (Å²) in [5.74, 6) is -2.43. The molecule has 0 unspecified atom stereocenters. The second-order valence-corrected chi connectivity index (χ2v) is 8.69. The fraction of sp³-hybridized carbons (Fsp3) is 0.250. The molecule has 164 valence electrons. The number of carbonyl (C=O) groups excluding carboxylic acids is 3. The van der Waals surface area contributed by atoms with Gasteiger partial charge in [-0.05, 0) is 30.3 Å². The van der Waals surface area contributed by atoms with Gasteiger partial charge in [0.05, 0.1) is 19.9 Å². The highest BCUT2D eigenvalue weighted by atomic mass is 32.2. The first-order valence-corrected chi connectivity index (χ1v) is 10.8. The van der Waals surface area contributed by atoms with Crippen LogP contribution in [0.4, 0.5) is 11.4 Å². The fourth-order valence-corrected chi connectivity index (χ4v) is 4.04. The monoisotopic (exact) mass is 448 g/mol. The Bertz CT molecular complexity index is 1140. The number of carbonyl (C=O) groups is 3. The van der Waals surface area contributed by atoms with Crippen molar-refractivity contribution in [2.45, 2.75) is 0 Å². The summed E-state index contributed by atoms with van der Waals surface area (Å²) in [7, 11) is -1.16. The number of fused-ring (bicyclic) bond motifs is 1. The van der Waals surface area contributed by atoms with Crippen LogP contribution in [0.15, 0.2) is 36.4 Å². The zero-order chi connectivity index (χ0) is 22.6. The molecule has 1 aliphatic rings. The molecule has 2 aromatic carbocycles. The van der Waals surface area contributed by atoms with Crippen LogP contribution in [0.2, 0.25) is 0 Å². The van der Waals surface area contributed by atoms with Crippen molar-refractivity contribution in [2.24, 2.45) is 0 Å². The predicted octanol–water partition coefficient (Wildman–Crippen LogP) is 1.27. The van der Waals surface area contributed by atoms with E-state index < -0.39 is 33.0 Å². The Hall–Kier alpha value is -3.60. The van der Waals surface area contributed by atoms with Gasteiger partial charge in [0.15, 0.2) is 33.7 Å². The third kappa shape index (κ3) is 5.51. The second-order valence-electron chi connectivity index (χ2n) is 6.62. The number of sulfone groups is 1. The molecule has 3 rings (SSSR count). The van der Waals surface area contributed by atoms with Gasteiger partial charge in [-0.15, -0.1) is 0 Å². The van der Waals surface area contributed by atoms with Crippen LogP contribution >= 0.6 is 0 Å². The first-order chi connectivity index (χ1) is 14.7. The summed E-state index contributed by atoms with van der Waals surface area (Å²) in [6, 6.07) is 8.79. The van der Waals surface area contributed by atoms with Crippen LogP contribution in [0.3, 0.4) is 0 Å². The number of ketones is 1. The molecule has 0 spiro atoms. The molecule has 0 radical (unpaired) electrons. The average Bonchev–Trinajstić information content (AvgIpc) is 2.72. The topological polar surface area (TPSA) is 137 Å². The summed E-state index contributed by atoms with van der Waals surface area (Å²) in [5, 5.41) is 5.00. The number of rotatable bonds is 8. The summed E-state index contributed by atoms with van der Waals surface area (Å²) in [6.45, 7) is -0.135. The minimum atomic E-state index is -4.04. The first-order valence-electron chi connectivity index (χ1n) is 9.03. The van der Waals surface area contributed by atoms with Gasteiger partial charge in [-0.3, -0.25) is 14.4 Å². The maximum absolute atomic E-state index is 12.4. The Morgan fingerprint density at radius 1 is 1.06 bits per heavy atom. The lowest BCUT2D eigenvalue weighted by molar-refractivity contribution is -0.118. The molecule has 0 aliphatic carbocycles. The zero-order valence-corrected chi connectivity index (χ0v) is 17.6. The van der Waals surface area contributed by atoms with Crippen LogP contribution in [0, 0.1) is 0 Å². The molecule has 0 atom stereocenters. The van der Waals surface area contributed by atoms with Gasteiger partial charge in [0.1, 0.15) is 17.3 Å². The fourth-order valence-electron chi connectivity index (χ4n) is 2.90.